The second-order valence-corrected chi connectivity index (χ2v) is 10.3. The Hall–Kier alpha value is -3.32. The third kappa shape index (κ3) is 5.30. The molecule has 0 saturated carbocycles. The van der Waals surface area contributed by atoms with Crippen molar-refractivity contribution < 1.29 is 27.9 Å². The summed E-state index contributed by atoms with van der Waals surface area (Å²) in [6.45, 7) is 0.812. The zero-order valence-corrected chi connectivity index (χ0v) is 21.2. The van der Waals surface area contributed by atoms with Gasteiger partial charge in [-0.05, 0) is 54.5 Å². The van der Waals surface area contributed by atoms with Crippen LogP contribution in [0.1, 0.15) is 30.9 Å². The lowest BCUT2D eigenvalue weighted by Crippen LogP contribution is -2.54. The Balaban J connectivity index is 1.33. The zero-order chi connectivity index (χ0) is 27.2. The quantitative estimate of drug-likeness (QED) is 0.465. The summed E-state index contributed by atoms with van der Waals surface area (Å²) in [6.07, 6.45) is -1.03. The second-order valence-electron chi connectivity index (χ2n) is 9.86. The van der Waals surface area contributed by atoms with Gasteiger partial charge in [0.1, 0.15) is 12.6 Å². The number of hydrogen-bond donors (Lipinski definition) is 4. The van der Waals surface area contributed by atoms with Crippen LogP contribution in [-0.4, -0.2) is 80.8 Å². The number of aromatic nitrogens is 2. The number of benzene rings is 1. The lowest BCUT2D eigenvalue weighted by molar-refractivity contribution is -0.163. The van der Waals surface area contributed by atoms with Crippen LogP contribution in [0.25, 0.3) is 10.9 Å². The number of aliphatic hydroxyl groups excluding tert-OH is 1. The molecule has 4 N–H and O–H groups in total. The van der Waals surface area contributed by atoms with Gasteiger partial charge < -0.3 is 20.2 Å². The van der Waals surface area contributed by atoms with E-state index in [0.717, 1.165) is 16.2 Å². The van der Waals surface area contributed by atoms with Crippen molar-refractivity contribution in [3.05, 3.63) is 40.1 Å². The summed E-state index contributed by atoms with van der Waals surface area (Å²) in [5, 5.41) is 24.4. The molecular formula is C24H27ClF3N7O3. The number of fused-ring (bicyclic) bond motifs is 3. The van der Waals surface area contributed by atoms with Crippen molar-refractivity contribution in [3.63, 3.8) is 0 Å². The van der Waals surface area contributed by atoms with E-state index >= 15 is 0 Å². The van der Waals surface area contributed by atoms with Crippen LogP contribution in [0.2, 0.25) is 5.02 Å². The van der Waals surface area contributed by atoms with Crippen LogP contribution < -0.4 is 10.7 Å². The molecule has 4 heterocycles. The fourth-order valence-electron chi connectivity index (χ4n) is 5.40. The minimum absolute atomic E-state index is 0.00503. The number of allylic oxidation sites excluding steroid dienone is 1. The maximum atomic E-state index is 13.4. The maximum absolute atomic E-state index is 13.4. The number of aromatic amines is 1. The molecule has 1 fully saturated rings. The first-order valence-electron chi connectivity index (χ1n) is 12.2. The highest BCUT2D eigenvalue weighted by Gasteiger charge is 2.39. The Bertz CT molecular complexity index is 1320. The first-order chi connectivity index (χ1) is 18.0. The number of H-pyrrole nitrogens is 1. The maximum Gasteiger partial charge on any atom is 0.406 e. The van der Waals surface area contributed by atoms with Crippen molar-refractivity contribution in [2.24, 2.45) is 11.0 Å². The molecule has 2 aromatic rings. The molecule has 3 aliphatic heterocycles. The summed E-state index contributed by atoms with van der Waals surface area (Å²) in [7, 11) is 0. The van der Waals surface area contributed by atoms with Gasteiger partial charge in [0, 0.05) is 31.4 Å². The molecule has 2 unspecified atom stereocenters. The summed E-state index contributed by atoms with van der Waals surface area (Å²) in [5.74, 6) is -0.772. The Labute approximate surface area is 220 Å². The van der Waals surface area contributed by atoms with Crippen LogP contribution >= 0.6 is 11.6 Å². The molecule has 3 aliphatic rings. The summed E-state index contributed by atoms with van der Waals surface area (Å²) in [6, 6.07) is -0.119. The highest BCUT2D eigenvalue weighted by atomic mass is 35.5. The third-order valence-corrected chi connectivity index (χ3v) is 7.55. The standard InChI is InChI=1S/C24H27ClF3N7O3/c1-12-6-15(21(36)33-31-12)13-2-4-34(5-3-13)23(38)30-19-8-14-7-18(25)20-16(9-29-32-20)17(14)10-35(22(19)37)11-24(26,27)28/h6-7,9,13,19,21,33,36H,2-5,8,10-11H2,1H3,(H,29,32)(H,30,38). The van der Waals surface area contributed by atoms with E-state index in [-0.39, 0.29) is 18.9 Å². The molecule has 5 rings (SSSR count). The van der Waals surface area contributed by atoms with Crippen LogP contribution in [0.5, 0.6) is 0 Å². The van der Waals surface area contributed by atoms with Gasteiger partial charge in [-0.2, -0.15) is 23.4 Å². The lowest BCUT2D eigenvalue weighted by atomic mass is 9.87. The van der Waals surface area contributed by atoms with Gasteiger partial charge in [0.15, 0.2) is 6.23 Å². The number of halogens is 4. The SMILES string of the molecule is CC1=NNC(O)C(C2CCN(C(=O)NC3Cc4cc(Cl)c5[nH]ncc5c4CN(CC(F)(F)F)C3=O)CC2)=C1. The highest BCUT2D eigenvalue weighted by molar-refractivity contribution is 6.35. The van der Waals surface area contributed by atoms with E-state index in [1.165, 1.54) is 6.20 Å². The second kappa shape index (κ2) is 10.1. The monoisotopic (exact) mass is 553 g/mol. The molecule has 0 bridgehead atoms. The number of urea groups is 1. The number of alkyl halides is 3. The van der Waals surface area contributed by atoms with Crippen LogP contribution in [-0.2, 0) is 17.8 Å². The molecule has 10 nitrogen and oxygen atoms in total. The molecule has 0 radical (unpaired) electrons. The average Bonchev–Trinajstić information content (AvgIpc) is 3.32. The number of carbonyl (C=O) groups is 2. The van der Waals surface area contributed by atoms with Crippen LogP contribution in [0, 0.1) is 5.92 Å². The third-order valence-electron chi connectivity index (χ3n) is 7.25. The van der Waals surface area contributed by atoms with E-state index in [0.29, 0.717) is 53.0 Å². The molecule has 0 aliphatic carbocycles. The number of hydrazone groups is 1. The van der Waals surface area contributed by atoms with Crippen molar-refractivity contribution >= 4 is 40.2 Å². The normalized spacial score (nSPS) is 22.9. The van der Waals surface area contributed by atoms with Crippen molar-refractivity contribution in [2.75, 3.05) is 19.6 Å². The lowest BCUT2D eigenvalue weighted by Gasteiger charge is -2.36. The molecule has 0 spiro atoms. The number of likely N-dealkylation sites (tertiary alicyclic amines) is 1. The van der Waals surface area contributed by atoms with Crippen molar-refractivity contribution in [1.29, 1.82) is 0 Å². The van der Waals surface area contributed by atoms with Gasteiger partial charge in [-0.1, -0.05) is 11.6 Å². The zero-order valence-electron chi connectivity index (χ0n) is 20.5. The van der Waals surface area contributed by atoms with E-state index in [1.807, 2.05) is 13.0 Å². The first kappa shape index (κ1) is 26.3. The largest absolute Gasteiger partial charge is 0.406 e. The van der Waals surface area contributed by atoms with Gasteiger partial charge in [-0.25, -0.2) is 4.79 Å². The summed E-state index contributed by atoms with van der Waals surface area (Å²) >= 11 is 6.36. The molecule has 2 atom stereocenters. The predicted molar refractivity (Wildman–Crippen MR) is 133 cm³/mol. The van der Waals surface area contributed by atoms with Crippen molar-refractivity contribution in [3.8, 4) is 0 Å². The average molecular weight is 554 g/mol. The van der Waals surface area contributed by atoms with E-state index in [9.17, 15) is 27.9 Å². The fraction of sp³-hybridized carbons (Fsp3) is 0.500. The number of amides is 3. The minimum Gasteiger partial charge on any atom is -0.368 e. The van der Waals surface area contributed by atoms with Gasteiger partial charge in [0.05, 0.1) is 22.4 Å². The topological polar surface area (TPSA) is 126 Å². The molecule has 14 heteroatoms. The van der Waals surface area contributed by atoms with Gasteiger partial charge in [0.25, 0.3) is 0 Å². The van der Waals surface area contributed by atoms with Gasteiger partial charge >= 0.3 is 12.2 Å². The molecular weight excluding hydrogens is 527 g/mol. The van der Waals surface area contributed by atoms with Gasteiger partial charge in [-0.3, -0.25) is 15.3 Å². The van der Waals surface area contributed by atoms with E-state index < -0.39 is 36.9 Å². The molecule has 3 amide bonds. The molecule has 38 heavy (non-hydrogen) atoms. The van der Waals surface area contributed by atoms with Crippen molar-refractivity contribution in [2.45, 2.75) is 51.2 Å². The van der Waals surface area contributed by atoms with Crippen LogP contribution in [0.15, 0.2) is 29.0 Å². The van der Waals surface area contributed by atoms with Crippen LogP contribution in [0.3, 0.4) is 0 Å². The van der Waals surface area contributed by atoms with Gasteiger partial charge in [0.2, 0.25) is 5.91 Å². The number of rotatable bonds is 3. The van der Waals surface area contributed by atoms with E-state index in [1.54, 1.807) is 11.0 Å². The molecule has 1 aromatic carbocycles. The smallest absolute Gasteiger partial charge is 0.368 e. The summed E-state index contributed by atoms with van der Waals surface area (Å²) in [5.41, 5.74) is 5.78. The Morgan fingerprint density at radius 3 is 2.76 bits per heavy atom. The number of carbonyl (C=O) groups excluding carboxylic acids is 2. The van der Waals surface area contributed by atoms with Gasteiger partial charge in [-0.15, -0.1) is 0 Å². The van der Waals surface area contributed by atoms with Crippen LogP contribution in [0.4, 0.5) is 18.0 Å². The molecule has 1 aromatic heterocycles. The fourth-order valence-corrected chi connectivity index (χ4v) is 5.67. The Morgan fingerprint density at radius 2 is 2.05 bits per heavy atom. The first-order valence-corrected chi connectivity index (χ1v) is 12.6. The van der Waals surface area contributed by atoms with E-state index in [2.05, 4.69) is 26.0 Å². The highest BCUT2D eigenvalue weighted by Crippen LogP contribution is 2.33. The number of nitrogens with one attached hydrogen (secondary N) is 3. The number of nitrogens with zero attached hydrogens (tertiary/aromatic N) is 4. The Morgan fingerprint density at radius 1 is 1.32 bits per heavy atom. The van der Waals surface area contributed by atoms with Crippen molar-refractivity contribution in [1.82, 2.24) is 30.7 Å². The van der Waals surface area contributed by atoms with E-state index in [4.69, 9.17) is 11.6 Å². The molecule has 204 valence electrons. The number of hydrogen-bond acceptors (Lipinski definition) is 6. The summed E-state index contributed by atoms with van der Waals surface area (Å²) in [4.78, 5) is 28.7. The summed E-state index contributed by atoms with van der Waals surface area (Å²) < 4.78 is 40.2. The predicted octanol–water partition coefficient (Wildman–Crippen LogP) is 2.68. The number of piperidine rings is 1. The molecule has 1 saturated heterocycles. The Kier molecular flexibility index (Phi) is 6.99. The number of aliphatic hydroxyl groups is 1. The minimum atomic E-state index is -4.62.